The molecule has 1 unspecified atom stereocenters. The van der Waals surface area contributed by atoms with E-state index in [9.17, 15) is 0 Å². The number of halogens is 1. The van der Waals surface area contributed by atoms with Gasteiger partial charge in [-0.05, 0) is 52.9 Å². The fourth-order valence-electron chi connectivity index (χ4n) is 2.30. The van der Waals surface area contributed by atoms with Crippen LogP contribution in [0.25, 0.3) is 0 Å². The standard InChI is InChI=1S/C17H28BrNO2/c1-12(2)7-6-8-13(3)19-11-14-9-15(18)17(21-5)16(10-14)20-4/h9-10,12-13,19H,6-8,11H2,1-5H3. The molecule has 0 saturated carbocycles. The van der Waals surface area contributed by atoms with E-state index in [0.29, 0.717) is 6.04 Å². The minimum atomic E-state index is 0.524. The molecular weight excluding hydrogens is 330 g/mol. The Kier molecular flexibility index (Phi) is 8.12. The van der Waals surface area contributed by atoms with Gasteiger partial charge in [0.05, 0.1) is 18.7 Å². The Bertz CT molecular complexity index is 435. The maximum Gasteiger partial charge on any atom is 0.174 e. The van der Waals surface area contributed by atoms with Gasteiger partial charge in [-0.25, -0.2) is 0 Å². The van der Waals surface area contributed by atoms with Crippen LogP contribution >= 0.6 is 15.9 Å². The van der Waals surface area contributed by atoms with Crippen molar-refractivity contribution < 1.29 is 9.47 Å². The predicted octanol–water partition coefficient (Wildman–Crippen LogP) is 4.77. The normalized spacial score (nSPS) is 12.5. The average molecular weight is 358 g/mol. The van der Waals surface area contributed by atoms with Gasteiger partial charge in [0.1, 0.15) is 0 Å². The van der Waals surface area contributed by atoms with Crippen LogP contribution in [0, 0.1) is 5.92 Å². The summed E-state index contributed by atoms with van der Waals surface area (Å²) >= 11 is 3.53. The average Bonchev–Trinajstić information content (AvgIpc) is 2.44. The Balaban J connectivity index is 2.53. The van der Waals surface area contributed by atoms with Crippen molar-refractivity contribution in [2.24, 2.45) is 5.92 Å². The van der Waals surface area contributed by atoms with Gasteiger partial charge in [0.15, 0.2) is 11.5 Å². The second-order valence-corrected chi connectivity index (χ2v) is 6.77. The minimum Gasteiger partial charge on any atom is -0.493 e. The van der Waals surface area contributed by atoms with Gasteiger partial charge in [0, 0.05) is 12.6 Å². The summed E-state index contributed by atoms with van der Waals surface area (Å²) in [6.45, 7) is 7.64. The Labute approximate surface area is 137 Å². The molecule has 0 aliphatic heterocycles. The predicted molar refractivity (Wildman–Crippen MR) is 92.2 cm³/mol. The summed E-state index contributed by atoms with van der Waals surface area (Å²) in [5.74, 6) is 2.29. The summed E-state index contributed by atoms with van der Waals surface area (Å²) in [6, 6.07) is 4.63. The molecule has 1 N–H and O–H groups in total. The lowest BCUT2D eigenvalue weighted by Gasteiger charge is -2.16. The first-order valence-corrected chi connectivity index (χ1v) is 8.41. The van der Waals surface area contributed by atoms with Gasteiger partial charge in [-0.2, -0.15) is 0 Å². The molecule has 1 rings (SSSR count). The van der Waals surface area contributed by atoms with Crippen LogP contribution < -0.4 is 14.8 Å². The number of hydrogen-bond acceptors (Lipinski definition) is 3. The van der Waals surface area contributed by atoms with Crippen LogP contribution in [0.3, 0.4) is 0 Å². The molecule has 0 aliphatic rings. The van der Waals surface area contributed by atoms with Crippen molar-refractivity contribution in [3.05, 3.63) is 22.2 Å². The van der Waals surface area contributed by atoms with Crippen molar-refractivity contribution in [1.82, 2.24) is 5.32 Å². The molecule has 21 heavy (non-hydrogen) atoms. The number of rotatable bonds is 9. The quantitative estimate of drug-likeness (QED) is 0.690. The van der Waals surface area contributed by atoms with Crippen LogP contribution in [0.4, 0.5) is 0 Å². The third kappa shape index (κ3) is 6.27. The largest absolute Gasteiger partial charge is 0.493 e. The van der Waals surface area contributed by atoms with Crippen molar-refractivity contribution in [2.45, 2.75) is 52.6 Å². The molecule has 0 saturated heterocycles. The maximum atomic E-state index is 5.37. The molecule has 3 nitrogen and oxygen atoms in total. The number of methoxy groups -OCH3 is 2. The Morgan fingerprint density at radius 1 is 1.10 bits per heavy atom. The Morgan fingerprint density at radius 2 is 1.81 bits per heavy atom. The van der Waals surface area contributed by atoms with Crippen molar-refractivity contribution in [3.8, 4) is 11.5 Å². The molecule has 1 aromatic rings. The highest BCUT2D eigenvalue weighted by molar-refractivity contribution is 9.10. The molecule has 0 spiro atoms. The molecule has 0 heterocycles. The van der Waals surface area contributed by atoms with Crippen molar-refractivity contribution >= 4 is 15.9 Å². The van der Waals surface area contributed by atoms with Crippen LogP contribution in [-0.2, 0) is 6.54 Å². The molecule has 0 aliphatic carbocycles. The zero-order valence-electron chi connectivity index (χ0n) is 13.8. The second kappa shape index (κ2) is 9.31. The van der Waals surface area contributed by atoms with Gasteiger partial charge in [-0.15, -0.1) is 0 Å². The van der Waals surface area contributed by atoms with Crippen LogP contribution in [0.15, 0.2) is 16.6 Å². The first-order valence-electron chi connectivity index (χ1n) is 7.61. The van der Waals surface area contributed by atoms with Gasteiger partial charge in [0.25, 0.3) is 0 Å². The van der Waals surface area contributed by atoms with Gasteiger partial charge < -0.3 is 14.8 Å². The summed E-state index contributed by atoms with van der Waals surface area (Å²) in [6.07, 6.45) is 3.79. The summed E-state index contributed by atoms with van der Waals surface area (Å²) < 4.78 is 11.6. The number of benzene rings is 1. The molecule has 1 aromatic carbocycles. The van der Waals surface area contributed by atoms with Crippen LogP contribution in [0.5, 0.6) is 11.5 Å². The summed E-state index contributed by atoms with van der Waals surface area (Å²) in [4.78, 5) is 0. The van der Waals surface area contributed by atoms with E-state index in [1.54, 1.807) is 14.2 Å². The molecule has 0 radical (unpaired) electrons. The SMILES string of the molecule is COc1cc(CNC(C)CCCC(C)C)cc(Br)c1OC. The monoisotopic (exact) mass is 357 g/mol. The maximum absolute atomic E-state index is 5.37. The molecule has 0 bridgehead atoms. The lowest BCUT2D eigenvalue weighted by Crippen LogP contribution is -2.25. The van der Waals surface area contributed by atoms with E-state index in [1.165, 1.54) is 24.8 Å². The van der Waals surface area contributed by atoms with E-state index in [2.05, 4.69) is 48.1 Å². The molecule has 0 aromatic heterocycles. The molecule has 4 heteroatoms. The fourth-order valence-corrected chi connectivity index (χ4v) is 2.95. The van der Waals surface area contributed by atoms with E-state index in [0.717, 1.165) is 28.4 Å². The first kappa shape index (κ1) is 18.3. The van der Waals surface area contributed by atoms with E-state index >= 15 is 0 Å². The molecule has 0 fully saturated rings. The van der Waals surface area contributed by atoms with Crippen molar-refractivity contribution in [3.63, 3.8) is 0 Å². The molecule has 120 valence electrons. The van der Waals surface area contributed by atoms with E-state index in [1.807, 2.05) is 6.07 Å². The van der Waals surface area contributed by atoms with E-state index in [-0.39, 0.29) is 0 Å². The van der Waals surface area contributed by atoms with Crippen LogP contribution in [0.1, 0.15) is 45.6 Å². The number of hydrogen-bond donors (Lipinski definition) is 1. The smallest absolute Gasteiger partial charge is 0.174 e. The number of nitrogens with one attached hydrogen (secondary N) is 1. The van der Waals surface area contributed by atoms with Gasteiger partial charge >= 0.3 is 0 Å². The third-order valence-electron chi connectivity index (χ3n) is 3.57. The highest BCUT2D eigenvalue weighted by atomic mass is 79.9. The lowest BCUT2D eigenvalue weighted by molar-refractivity contribution is 0.352. The Hall–Kier alpha value is -0.740. The van der Waals surface area contributed by atoms with Crippen LogP contribution in [0.2, 0.25) is 0 Å². The number of ether oxygens (including phenoxy) is 2. The summed E-state index contributed by atoms with van der Waals surface area (Å²) in [5.41, 5.74) is 1.19. The van der Waals surface area contributed by atoms with E-state index in [4.69, 9.17) is 9.47 Å². The van der Waals surface area contributed by atoms with Crippen molar-refractivity contribution in [2.75, 3.05) is 14.2 Å². The second-order valence-electron chi connectivity index (χ2n) is 5.92. The first-order chi connectivity index (χ1) is 9.97. The summed E-state index contributed by atoms with van der Waals surface area (Å²) in [7, 11) is 3.31. The summed E-state index contributed by atoms with van der Waals surface area (Å²) in [5, 5.41) is 3.57. The molecular formula is C17H28BrNO2. The van der Waals surface area contributed by atoms with Gasteiger partial charge in [-0.1, -0.05) is 26.7 Å². The minimum absolute atomic E-state index is 0.524. The van der Waals surface area contributed by atoms with Crippen LogP contribution in [-0.4, -0.2) is 20.3 Å². The topological polar surface area (TPSA) is 30.5 Å². The lowest BCUT2D eigenvalue weighted by atomic mass is 10.0. The van der Waals surface area contributed by atoms with Crippen molar-refractivity contribution in [1.29, 1.82) is 0 Å². The van der Waals surface area contributed by atoms with E-state index < -0.39 is 0 Å². The highest BCUT2D eigenvalue weighted by Gasteiger charge is 2.11. The Morgan fingerprint density at radius 3 is 2.38 bits per heavy atom. The van der Waals surface area contributed by atoms with Gasteiger partial charge in [-0.3, -0.25) is 0 Å². The zero-order chi connectivity index (χ0) is 15.8. The van der Waals surface area contributed by atoms with Gasteiger partial charge in [0.2, 0.25) is 0 Å². The zero-order valence-corrected chi connectivity index (χ0v) is 15.4. The molecule has 0 amide bonds. The molecule has 1 atom stereocenters. The third-order valence-corrected chi connectivity index (χ3v) is 4.16. The fraction of sp³-hybridized carbons (Fsp3) is 0.647. The highest BCUT2D eigenvalue weighted by Crippen LogP contribution is 2.36.